The zero-order valence-electron chi connectivity index (χ0n) is 28.6. The maximum Gasteiger partial charge on any atom is 0.0658 e. The van der Waals surface area contributed by atoms with Gasteiger partial charge in [0.2, 0.25) is 0 Å². The number of benzene rings is 6. The van der Waals surface area contributed by atoms with Gasteiger partial charge in [0.25, 0.3) is 0 Å². The molecule has 0 bridgehead atoms. The van der Waals surface area contributed by atoms with Gasteiger partial charge in [0.05, 0.1) is 5.70 Å². The van der Waals surface area contributed by atoms with E-state index in [9.17, 15) is 0 Å². The number of nitrogens with zero attached hydrogens (tertiary/aromatic N) is 1. The second-order valence-electron chi connectivity index (χ2n) is 11.9. The zero-order valence-corrected chi connectivity index (χ0v) is 28.6. The van der Waals surface area contributed by atoms with Gasteiger partial charge in [0.15, 0.2) is 0 Å². The molecule has 6 aromatic carbocycles. The molecule has 2 aliphatic rings. The predicted octanol–water partition coefficient (Wildman–Crippen LogP) is 12.5. The summed E-state index contributed by atoms with van der Waals surface area (Å²) in [6, 6.07) is 41.1. The maximum absolute atomic E-state index is 5.50. The summed E-state index contributed by atoms with van der Waals surface area (Å²) in [6.45, 7) is 12.5. The average Bonchev–Trinajstić information content (AvgIpc) is 3.34. The number of hydrogen-bond donors (Lipinski definition) is 1. The van der Waals surface area contributed by atoms with Gasteiger partial charge in [-0.05, 0) is 125 Å². The van der Waals surface area contributed by atoms with Crippen LogP contribution in [0.3, 0.4) is 0 Å². The number of allylic oxidation sites excluding steroid dienone is 2. The van der Waals surface area contributed by atoms with Gasteiger partial charge in [-0.1, -0.05) is 147 Å². The van der Waals surface area contributed by atoms with Crippen molar-refractivity contribution in [3.05, 3.63) is 166 Å². The Kier molecular flexibility index (Phi) is 11.7. The molecule has 0 saturated heterocycles. The van der Waals surface area contributed by atoms with Crippen molar-refractivity contribution in [1.82, 2.24) is 0 Å². The number of aliphatic imine (C=N–C) groups is 1. The summed E-state index contributed by atoms with van der Waals surface area (Å²) >= 11 is 0. The molecule has 0 fully saturated rings. The van der Waals surface area contributed by atoms with Gasteiger partial charge < -0.3 is 5.41 Å². The summed E-state index contributed by atoms with van der Waals surface area (Å²) in [7, 11) is 0. The summed E-state index contributed by atoms with van der Waals surface area (Å²) in [5.41, 5.74) is 13.4. The van der Waals surface area contributed by atoms with E-state index in [0.717, 1.165) is 36.9 Å². The molecule has 2 heteroatoms. The monoisotopic (exact) mass is 626 g/mol. The lowest BCUT2D eigenvalue weighted by Gasteiger charge is -2.21. The van der Waals surface area contributed by atoms with Crippen molar-refractivity contribution in [3.63, 3.8) is 0 Å². The second-order valence-corrected chi connectivity index (χ2v) is 11.9. The predicted molar refractivity (Wildman–Crippen MR) is 212 cm³/mol. The Morgan fingerprint density at radius 3 is 2.10 bits per heavy atom. The minimum absolute atomic E-state index is 0.825. The first kappa shape index (κ1) is 34.0. The third-order valence-electron chi connectivity index (χ3n) is 9.08. The van der Waals surface area contributed by atoms with Crippen molar-refractivity contribution >= 4 is 46.8 Å². The van der Waals surface area contributed by atoms with Crippen molar-refractivity contribution < 1.29 is 0 Å². The Morgan fingerprint density at radius 2 is 1.42 bits per heavy atom. The molecule has 0 radical (unpaired) electrons. The van der Waals surface area contributed by atoms with Crippen molar-refractivity contribution in [3.8, 4) is 11.1 Å². The van der Waals surface area contributed by atoms with Crippen LogP contribution < -0.4 is 0 Å². The minimum atomic E-state index is 0.825. The van der Waals surface area contributed by atoms with Crippen molar-refractivity contribution in [1.29, 1.82) is 5.41 Å². The molecule has 240 valence electrons. The third-order valence-corrected chi connectivity index (χ3v) is 9.08. The molecule has 0 amide bonds. The normalized spacial score (nSPS) is 12.5. The summed E-state index contributed by atoms with van der Waals surface area (Å²) in [5.74, 6) is 0. The van der Waals surface area contributed by atoms with Gasteiger partial charge in [-0.3, -0.25) is 4.99 Å². The van der Waals surface area contributed by atoms with E-state index in [0.29, 0.717) is 0 Å². The van der Waals surface area contributed by atoms with E-state index in [2.05, 4.69) is 135 Å². The van der Waals surface area contributed by atoms with Crippen molar-refractivity contribution in [2.24, 2.45) is 4.99 Å². The fourth-order valence-electron chi connectivity index (χ4n) is 7.07. The van der Waals surface area contributed by atoms with Crippen LogP contribution in [-0.4, -0.2) is 13.4 Å². The van der Waals surface area contributed by atoms with E-state index in [1.165, 1.54) is 72.5 Å². The lowest BCUT2D eigenvalue weighted by Crippen LogP contribution is -2.00. The number of hydrogen-bond acceptors (Lipinski definition) is 2. The summed E-state index contributed by atoms with van der Waals surface area (Å²) in [5, 5.41) is 11.1. The largest absolute Gasteiger partial charge is 0.317 e. The molecule has 8 rings (SSSR count). The molecule has 48 heavy (non-hydrogen) atoms. The van der Waals surface area contributed by atoms with Gasteiger partial charge in [0.1, 0.15) is 0 Å². The third kappa shape index (κ3) is 6.99. The highest BCUT2D eigenvalue weighted by molar-refractivity contribution is 6.16. The van der Waals surface area contributed by atoms with Crippen LogP contribution in [0, 0.1) is 12.3 Å². The summed E-state index contributed by atoms with van der Waals surface area (Å²) < 4.78 is 0. The standard InChI is InChI=1S/C36H29N.C7H8.C2H6.CH3N/c1-37-34(24-12-4-2-5-13-24)21-20-32-35-26(22-25-14-8-9-15-27(25)35)23-33-30-18-11-10-17-28(30)29-16-6-3-7-19-31(29)36(32)33;1-7-5-3-2-4-6-7;2*1-2/h2,4-6,8-18,21,23H,1,3,7,19-20,22H2;2-6H,1H3;1-2H3;2H,1H2/b34-21-;;;. The smallest absolute Gasteiger partial charge is 0.0658 e. The minimum Gasteiger partial charge on any atom is -0.317 e. The highest BCUT2D eigenvalue weighted by Gasteiger charge is 2.26. The molecule has 6 aromatic rings. The summed E-state index contributed by atoms with van der Waals surface area (Å²) in [4.78, 5) is 4.44. The van der Waals surface area contributed by atoms with Crippen LogP contribution in [0.5, 0.6) is 0 Å². The molecule has 1 N–H and O–H groups in total. The van der Waals surface area contributed by atoms with Crippen molar-refractivity contribution in [2.45, 2.75) is 52.9 Å². The van der Waals surface area contributed by atoms with Crippen LogP contribution in [0.1, 0.15) is 65.6 Å². The molecule has 0 atom stereocenters. The van der Waals surface area contributed by atoms with Gasteiger partial charge in [-0.15, -0.1) is 0 Å². The van der Waals surface area contributed by atoms with Crippen molar-refractivity contribution in [2.75, 3.05) is 0 Å². The van der Waals surface area contributed by atoms with Crippen LogP contribution in [0.2, 0.25) is 0 Å². The molecule has 0 heterocycles. The summed E-state index contributed by atoms with van der Waals surface area (Å²) in [6.07, 6.45) is 12.3. The highest BCUT2D eigenvalue weighted by Crippen LogP contribution is 2.47. The maximum atomic E-state index is 5.50. The van der Waals surface area contributed by atoms with Gasteiger partial charge in [-0.2, -0.15) is 0 Å². The van der Waals surface area contributed by atoms with E-state index in [4.69, 9.17) is 5.41 Å². The van der Waals surface area contributed by atoms with Gasteiger partial charge >= 0.3 is 0 Å². The van der Waals surface area contributed by atoms with E-state index >= 15 is 0 Å². The highest BCUT2D eigenvalue weighted by atomic mass is 14.7. The topological polar surface area (TPSA) is 36.2 Å². The van der Waals surface area contributed by atoms with Crippen LogP contribution >= 0.6 is 0 Å². The number of nitrogens with one attached hydrogen (secondary N) is 1. The molecule has 0 unspecified atom stereocenters. The SMILES string of the molecule is C=N.C=N/C(=C\Cc1c2c(cc3c1c1c(c4ccccc43)C=CCCC1)Cc1ccccc1-2)c1ccccc1.CC.Cc1ccccc1. The number of rotatable bonds is 4. The first-order chi connectivity index (χ1) is 23.7. The molecular formula is C46H46N2. The Labute approximate surface area is 286 Å². The first-order valence-corrected chi connectivity index (χ1v) is 17.1. The molecule has 2 aliphatic carbocycles. The number of fused-ring (bicyclic) bond motifs is 9. The zero-order chi connectivity index (χ0) is 33.9. The van der Waals surface area contributed by atoms with Crippen LogP contribution in [0.4, 0.5) is 0 Å². The Bertz CT molecular complexity index is 2070. The van der Waals surface area contributed by atoms with E-state index in [-0.39, 0.29) is 0 Å². The van der Waals surface area contributed by atoms with Crippen LogP contribution in [0.15, 0.2) is 132 Å². The van der Waals surface area contributed by atoms with E-state index < -0.39 is 0 Å². The average molecular weight is 627 g/mol. The van der Waals surface area contributed by atoms with E-state index in [1.807, 2.05) is 38.1 Å². The molecule has 0 saturated carbocycles. The van der Waals surface area contributed by atoms with Crippen LogP contribution in [0.25, 0.3) is 44.4 Å². The Balaban J connectivity index is 0.000000357. The molecular weight excluding hydrogens is 581 g/mol. The van der Waals surface area contributed by atoms with Crippen LogP contribution in [-0.2, 0) is 19.3 Å². The lowest BCUT2D eigenvalue weighted by molar-refractivity contribution is 0.856. The van der Waals surface area contributed by atoms with E-state index in [1.54, 1.807) is 0 Å². The fraction of sp³-hybridized carbons (Fsp3) is 0.174. The lowest BCUT2D eigenvalue weighted by atomic mass is 9.83. The molecule has 0 spiro atoms. The molecule has 0 aliphatic heterocycles. The second kappa shape index (κ2) is 16.5. The quantitative estimate of drug-likeness (QED) is 0.149. The molecule has 2 nitrogen and oxygen atoms in total. The first-order valence-electron chi connectivity index (χ1n) is 17.1. The Hall–Kier alpha value is -5.34. The van der Waals surface area contributed by atoms with Gasteiger partial charge in [0, 0.05) is 0 Å². The Morgan fingerprint density at radius 1 is 0.771 bits per heavy atom. The van der Waals surface area contributed by atoms with Gasteiger partial charge in [-0.25, -0.2) is 0 Å². The fourth-order valence-corrected chi connectivity index (χ4v) is 7.07. The number of aryl methyl sites for hydroxylation is 2. The molecule has 0 aromatic heterocycles.